The van der Waals surface area contributed by atoms with Crippen molar-refractivity contribution in [1.82, 2.24) is 19.5 Å². The molecule has 0 aliphatic carbocycles. The molecule has 0 atom stereocenters. The van der Waals surface area contributed by atoms with Crippen LogP contribution in [0.15, 0.2) is 47.3 Å². The largest absolute Gasteiger partial charge is 0.497 e. The van der Waals surface area contributed by atoms with Crippen LogP contribution < -0.4 is 20.9 Å². The zero-order valence-electron chi connectivity index (χ0n) is 18.2. The van der Waals surface area contributed by atoms with E-state index >= 15 is 0 Å². The number of aromatic amines is 1. The average Bonchev–Trinajstić information content (AvgIpc) is 3.13. The van der Waals surface area contributed by atoms with Crippen LogP contribution in [0.3, 0.4) is 0 Å². The first-order valence-corrected chi connectivity index (χ1v) is 9.99. The number of methoxy groups -OCH3 is 2. The van der Waals surface area contributed by atoms with E-state index in [1.807, 2.05) is 24.3 Å². The van der Waals surface area contributed by atoms with E-state index in [9.17, 15) is 9.59 Å². The third kappa shape index (κ3) is 3.58. The van der Waals surface area contributed by atoms with E-state index in [1.54, 1.807) is 18.2 Å². The summed E-state index contributed by atoms with van der Waals surface area (Å²) < 4.78 is 12.0. The van der Waals surface area contributed by atoms with Crippen LogP contribution in [-0.4, -0.2) is 39.6 Å². The van der Waals surface area contributed by atoms with Crippen LogP contribution in [0.4, 0.5) is 0 Å². The van der Waals surface area contributed by atoms with Crippen molar-refractivity contribution in [3.8, 4) is 28.6 Å². The predicted octanol–water partition coefficient (Wildman–Crippen LogP) is 3.02. The van der Waals surface area contributed by atoms with Gasteiger partial charge < -0.3 is 20.2 Å². The molecule has 9 heteroatoms. The van der Waals surface area contributed by atoms with E-state index in [0.717, 1.165) is 5.56 Å². The van der Waals surface area contributed by atoms with Gasteiger partial charge in [-0.15, -0.1) is 0 Å². The zero-order chi connectivity index (χ0) is 23.0. The van der Waals surface area contributed by atoms with E-state index in [2.05, 4.69) is 28.8 Å². The van der Waals surface area contributed by atoms with Crippen LogP contribution in [0.5, 0.6) is 11.5 Å². The monoisotopic (exact) mass is 433 g/mol. The normalized spacial score (nSPS) is 11.2. The van der Waals surface area contributed by atoms with Crippen LogP contribution in [-0.2, 0) is 0 Å². The number of amides is 1. The third-order valence-corrected chi connectivity index (χ3v) is 5.23. The molecule has 0 radical (unpaired) electrons. The van der Waals surface area contributed by atoms with Gasteiger partial charge in [0.15, 0.2) is 17.2 Å². The molecule has 0 saturated carbocycles. The second-order valence-electron chi connectivity index (χ2n) is 7.54. The average molecular weight is 433 g/mol. The molecule has 1 amide bonds. The SMILES string of the molecule is COc1ccc(-n2c(=O)[nH]c3c(C(N)=O)nc(-c4ccc(C(C)C)cc4)nc32)c(OC)c1. The summed E-state index contributed by atoms with van der Waals surface area (Å²) >= 11 is 0. The summed E-state index contributed by atoms with van der Waals surface area (Å²) in [6.07, 6.45) is 0. The Morgan fingerprint density at radius 1 is 1.06 bits per heavy atom. The maximum absolute atomic E-state index is 12.9. The number of benzene rings is 2. The van der Waals surface area contributed by atoms with Crippen molar-refractivity contribution in [2.45, 2.75) is 19.8 Å². The number of carbonyl (C=O) groups is 1. The molecule has 3 N–H and O–H groups in total. The van der Waals surface area contributed by atoms with Crippen molar-refractivity contribution in [3.63, 3.8) is 0 Å². The molecule has 0 saturated heterocycles. The minimum absolute atomic E-state index is 0.0683. The number of carbonyl (C=O) groups excluding carboxylic acids is 1. The Bertz CT molecular complexity index is 1370. The lowest BCUT2D eigenvalue weighted by Crippen LogP contribution is -2.16. The molecule has 0 bridgehead atoms. The number of ether oxygens (including phenoxy) is 2. The fraction of sp³-hybridized carbons (Fsp3) is 0.217. The molecule has 0 spiro atoms. The summed E-state index contributed by atoms with van der Waals surface area (Å²) in [5, 5.41) is 0. The van der Waals surface area contributed by atoms with E-state index < -0.39 is 11.6 Å². The van der Waals surface area contributed by atoms with Crippen LogP contribution in [0.2, 0.25) is 0 Å². The second kappa shape index (κ2) is 8.18. The summed E-state index contributed by atoms with van der Waals surface area (Å²) in [7, 11) is 3.03. The molecule has 4 aromatic rings. The van der Waals surface area contributed by atoms with Gasteiger partial charge >= 0.3 is 5.69 Å². The number of primary amides is 1. The van der Waals surface area contributed by atoms with E-state index in [0.29, 0.717) is 28.7 Å². The highest BCUT2D eigenvalue weighted by Crippen LogP contribution is 2.30. The summed E-state index contributed by atoms with van der Waals surface area (Å²) in [4.78, 5) is 36.7. The Labute approximate surface area is 183 Å². The van der Waals surface area contributed by atoms with Crippen LogP contribution in [0, 0.1) is 0 Å². The van der Waals surface area contributed by atoms with Gasteiger partial charge in [-0.25, -0.2) is 19.3 Å². The second-order valence-corrected chi connectivity index (χ2v) is 7.54. The van der Waals surface area contributed by atoms with Gasteiger partial charge in [0.2, 0.25) is 0 Å². The molecule has 2 aromatic heterocycles. The molecule has 4 rings (SSSR count). The lowest BCUT2D eigenvalue weighted by atomic mass is 10.0. The standard InChI is InChI=1S/C23H23N5O4/c1-12(2)13-5-7-14(8-6-13)21-25-18(20(24)29)19-22(27-21)28(23(30)26-19)16-10-9-15(31-3)11-17(16)32-4/h5-12H,1-4H3,(H2,24,29)(H,26,30). The minimum atomic E-state index is -0.771. The Balaban J connectivity index is 1.99. The minimum Gasteiger partial charge on any atom is -0.497 e. The number of nitrogens with one attached hydrogen (secondary N) is 1. The van der Waals surface area contributed by atoms with Crippen molar-refractivity contribution in [2.75, 3.05) is 14.2 Å². The Hall–Kier alpha value is -4.14. The van der Waals surface area contributed by atoms with E-state index in [4.69, 9.17) is 15.2 Å². The molecule has 0 aliphatic rings. The van der Waals surface area contributed by atoms with Crippen LogP contribution >= 0.6 is 0 Å². The predicted molar refractivity (Wildman–Crippen MR) is 121 cm³/mol. The van der Waals surface area contributed by atoms with E-state index in [1.165, 1.54) is 18.8 Å². The molecular formula is C23H23N5O4. The Kier molecular flexibility index (Phi) is 5.40. The highest BCUT2D eigenvalue weighted by Gasteiger charge is 2.22. The fourth-order valence-electron chi connectivity index (χ4n) is 3.50. The lowest BCUT2D eigenvalue weighted by Gasteiger charge is -2.12. The van der Waals surface area contributed by atoms with Crippen molar-refractivity contribution in [2.24, 2.45) is 5.73 Å². The fourth-order valence-corrected chi connectivity index (χ4v) is 3.50. The van der Waals surface area contributed by atoms with Gasteiger partial charge in [0.05, 0.1) is 19.9 Å². The number of H-pyrrole nitrogens is 1. The van der Waals surface area contributed by atoms with Crippen molar-refractivity contribution >= 4 is 17.1 Å². The highest BCUT2D eigenvalue weighted by atomic mass is 16.5. The van der Waals surface area contributed by atoms with Gasteiger partial charge in [-0.05, 0) is 23.6 Å². The van der Waals surface area contributed by atoms with Crippen molar-refractivity contribution < 1.29 is 14.3 Å². The zero-order valence-corrected chi connectivity index (χ0v) is 18.2. The number of hydrogen-bond acceptors (Lipinski definition) is 6. The molecule has 32 heavy (non-hydrogen) atoms. The highest BCUT2D eigenvalue weighted by molar-refractivity contribution is 6.02. The summed E-state index contributed by atoms with van der Waals surface area (Å²) in [5.41, 5.74) is 7.66. The van der Waals surface area contributed by atoms with Crippen molar-refractivity contribution in [3.05, 3.63) is 64.2 Å². The number of fused-ring (bicyclic) bond motifs is 1. The van der Waals surface area contributed by atoms with Gasteiger partial charge in [0.25, 0.3) is 5.91 Å². The Morgan fingerprint density at radius 3 is 2.38 bits per heavy atom. The van der Waals surface area contributed by atoms with Crippen molar-refractivity contribution in [1.29, 1.82) is 0 Å². The third-order valence-electron chi connectivity index (χ3n) is 5.23. The lowest BCUT2D eigenvalue weighted by molar-refractivity contribution is 0.0997. The number of hydrogen-bond donors (Lipinski definition) is 2. The molecule has 0 aliphatic heterocycles. The first kappa shape index (κ1) is 21.1. The molecule has 0 fully saturated rings. The number of nitrogens with two attached hydrogens (primary N) is 1. The molecule has 2 aromatic carbocycles. The smallest absolute Gasteiger partial charge is 0.332 e. The topological polar surface area (TPSA) is 125 Å². The first-order valence-electron chi connectivity index (χ1n) is 9.99. The van der Waals surface area contributed by atoms with Crippen LogP contribution in [0.1, 0.15) is 35.8 Å². The first-order chi connectivity index (χ1) is 15.3. The van der Waals surface area contributed by atoms with Gasteiger partial charge in [-0.2, -0.15) is 0 Å². The number of aromatic nitrogens is 4. The summed E-state index contributed by atoms with van der Waals surface area (Å²) in [6, 6.07) is 12.7. The Morgan fingerprint density at radius 2 is 1.78 bits per heavy atom. The molecular weight excluding hydrogens is 410 g/mol. The molecule has 0 unspecified atom stereocenters. The summed E-state index contributed by atoms with van der Waals surface area (Å²) in [5.74, 6) is 0.840. The quantitative estimate of drug-likeness (QED) is 0.481. The van der Waals surface area contributed by atoms with E-state index in [-0.39, 0.29) is 22.7 Å². The van der Waals surface area contributed by atoms with Gasteiger partial charge in [-0.1, -0.05) is 38.1 Å². The summed E-state index contributed by atoms with van der Waals surface area (Å²) in [6.45, 7) is 4.20. The maximum atomic E-state index is 12.9. The van der Waals surface area contributed by atoms with Crippen LogP contribution in [0.25, 0.3) is 28.2 Å². The van der Waals surface area contributed by atoms with Gasteiger partial charge in [0, 0.05) is 11.6 Å². The van der Waals surface area contributed by atoms with Gasteiger partial charge in [-0.3, -0.25) is 4.79 Å². The maximum Gasteiger partial charge on any atom is 0.332 e. The number of nitrogens with zero attached hydrogens (tertiary/aromatic N) is 3. The molecule has 9 nitrogen and oxygen atoms in total. The number of rotatable bonds is 6. The van der Waals surface area contributed by atoms with Gasteiger partial charge in [0.1, 0.15) is 17.0 Å². The number of imidazole rings is 1. The molecule has 2 heterocycles. The molecule has 164 valence electrons.